The standard InChI is InChI=1S/C18H29NS/c1-4-7-8-9-10-11-18(19-5-2)16-12-14-17(15-13-16)20-6-3/h4,12-15,18-19H,1,5-11H2,2-3H3. The average molecular weight is 292 g/mol. The Kier molecular flexibility index (Phi) is 9.52. The summed E-state index contributed by atoms with van der Waals surface area (Å²) in [4.78, 5) is 1.37. The Bertz CT molecular complexity index is 358. The molecule has 0 aliphatic carbocycles. The van der Waals surface area contributed by atoms with Crippen molar-refractivity contribution in [2.24, 2.45) is 0 Å². The largest absolute Gasteiger partial charge is 0.310 e. The summed E-state index contributed by atoms with van der Waals surface area (Å²) in [5.74, 6) is 1.14. The Morgan fingerprint density at radius 3 is 2.50 bits per heavy atom. The van der Waals surface area contributed by atoms with E-state index in [-0.39, 0.29) is 0 Å². The van der Waals surface area contributed by atoms with Crippen LogP contribution >= 0.6 is 11.8 Å². The number of hydrogen-bond donors (Lipinski definition) is 1. The summed E-state index contributed by atoms with van der Waals surface area (Å²) >= 11 is 1.91. The van der Waals surface area contributed by atoms with Crippen molar-refractivity contribution in [1.82, 2.24) is 5.32 Å². The van der Waals surface area contributed by atoms with E-state index in [1.807, 2.05) is 17.8 Å². The van der Waals surface area contributed by atoms with Crippen LogP contribution in [0.4, 0.5) is 0 Å². The highest BCUT2D eigenvalue weighted by molar-refractivity contribution is 7.99. The van der Waals surface area contributed by atoms with Crippen LogP contribution in [0.15, 0.2) is 41.8 Å². The number of hydrogen-bond acceptors (Lipinski definition) is 2. The second-order valence-electron chi connectivity index (χ2n) is 5.04. The lowest BCUT2D eigenvalue weighted by atomic mass is 10.00. The predicted molar refractivity (Wildman–Crippen MR) is 92.5 cm³/mol. The van der Waals surface area contributed by atoms with Crippen molar-refractivity contribution in [3.05, 3.63) is 42.5 Å². The lowest BCUT2D eigenvalue weighted by molar-refractivity contribution is 0.483. The molecule has 0 spiro atoms. The van der Waals surface area contributed by atoms with Crippen LogP contribution in [0.25, 0.3) is 0 Å². The Hall–Kier alpha value is -0.730. The van der Waals surface area contributed by atoms with Gasteiger partial charge in [-0.15, -0.1) is 18.3 Å². The summed E-state index contributed by atoms with van der Waals surface area (Å²) in [6.07, 6.45) is 8.26. The van der Waals surface area contributed by atoms with Gasteiger partial charge < -0.3 is 5.32 Å². The first-order chi connectivity index (χ1) is 9.81. The van der Waals surface area contributed by atoms with Gasteiger partial charge in [0, 0.05) is 10.9 Å². The Morgan fingerprint density at radius 2 is 1.90 bits per heavy atom. The molecule has 0 radical (unpaired) electrons. The zero-order valence-corrected chi connectivity index (χ0v) is 13.8. The van der Waals surface area contributed by atoms with Gasteiger partial charge in [-0.2, -0.15) is 0 Å². The monoisotopic (exact) mass is 291 g/mol. The van der Waals surface area contributed by atoms with E-state index in [4.69, 9.17) is 0 Å². The minimum absolute atomic E-state index is 0.504. The van der Waals surface area contributed by atoms with Crippen LogP contribution in [0.2, 0.25) is 0 Å². The van der Waals surface area contributed by atoms with Gasteiger partial charge in [-0.3, -0.25) is 0 Å². The SMILES string of the molecule is C=CCCCCCC(NCC)c1ccc(SCC)cc1. The fraction of sp³-hybridized carbons (Fsp3) is 0.556. The van der Waals surface area contributed by atoms with E-state index in [0.29, 0.717) is 6.04 Å². The first-order valence-corrected chi connectivity index (χ1v) is 8.87. The van der Waals surface area contributed by atoms with Gasteiger partial charge in [0.15, 0.2) is 0 Å². The molecule has 0 saturated heterocycles. The third-order valence-corrected chi connectivity index (χ3v) is 4.34. The number of unbranched alkanes of at least 4 members (excludes halogenated alkanes) is 3. The van der Waals surface area contributed by atoms with Gasteiger partial charge in [-0.1, -0.05) is 44.9 Å². The second kappa shape index (κ2) is 11.0. The number of allylic oxidation sites excluding steroid dienone is 1. The van der Waals surface area contributed by atoms with E-state index in [1.165, 1.54) is 36.1 Å². The molecule has 20 heavy (non-hydrogen) atoms. The van der Waals surface area contributed by atoms with Crippen LogP contribution in [0, 0.1) is 0 Å². The van der Waals surface area contributed by atoms with Gasteiger partial charge in [-0.25, -0.2) is 0 Å². The van der Waals surface area contributed by atoms with Crippen LogP contribution in [-0.2, 0) is 0 Å². The Labute approximate surface area is 129 Å². The second-order valence-corrected chi connectivity index (χ2v) is 6.38. The van der Waals surface area contributed by atoms with Crippen LogP contribution < -0.4 is 5.32 Å². The Balaban J connectivity index is 2.49. The molecule has 1 rings (SSSR count). The summed E-state index contributed by atoms with van der Waals surface area (Å²) in [6, 6.07) is 9.59. The zero-order chi connectivity index (χ0) is 14.6. The summed E-state index contributed by atoms with van der Waals surface area (Å²) in [7, 11) is 0. The fourth-order valence-corrected chi connectivity index (χ4v) is 3.07. The van der Waals surface area contributed by atoms with Crippen molar-refractivity contribution >= 4 is 11.8 Å². The third kappa shape index (κ3) is 6.62. The smallest absolute Gasteiger partial charge is 0.0320 e. The van der Waals surface area contributed by atoms with Crippen molar-refractivity contribution in [2.45, 2.75) is 56.9 Å². The van der Waals surface area contributed by atoms with Crippen LogP contribution in [0.3, 0.4) is 0 Å². The number of rotatable bonds is 11. The highest BCUT2D eigenvalue weighted by Crippen LogP contribution is 2.24. The van der Waals surface area contributed by atoms with E-state index >= 15 is 0 Å². The van der Waals surface area contributed by atoms with Gasteiger partial charge in [0.2, 0.25) is 0 Å². The lowest BCUT2D eigenvalue weighted by Crippen LogP contribution is -2.20. The molecule has 1 atom stereocenters. The van der Waals surface area contributed by atoms with Gasteiger partial charge in [0.25, 0.3) is 0 Å². The van der Waals surface area contributed by atoms with Gasteiger partial charge in [0.05, 0.1) is 0 Å². The molecule has 0 aromatic heterocycles. The van der Waals surface area contributed by atoms with E-state index in [1.54, 1.807) is 0 Å². The molecule has 112 valence electrons. The van der Waals surface area contributed by atoms with Gasteiger partial charge >= 0.3 is 0 Å². The van der Waals surface area contributed by atoms with Crippen molar-refractivity contribution in [3.8, 4) is 0 Å². The molecule has 0 heterocycles. The molecular formula is C18H29NS. The number of benzene rings is 1. The topological polar surface area (TPSA) is 12.0 Å². The molecule has 1 unspecified atom stereocenters. The molecule has 0 aliphatic heterocycles. The molecule has 1 N–H and O–H groups in total. The maximum absolute atomic E-state index is 3.78. The fourth-order valence-electron chi connectivity index (χ4n) is 2.41. The molecule has 0 saturated carbocycles. The first-order valence-electron chi connectivity index (χ1n) is 7.88. The summed E-state index contributed by atoms with van der Waals surface area (Å²) < 4.78 is 0. The maximum Gasteiger partial charge on any atom is 0.0320 e. The molecule has 2 heteroatoms. The lowest BCUT2D eigenvalue weighted by Gasteiger charge is -2.18. The normalized spacial score (nSPS) is 12.3. The molecule has 1 aromatic rings. The highest BCUT2D eigenvalue weighted by atomic mass is 32.2. The highest BCUT2D eigenvalue weighted by Gasteiger charge is 2.09. The summed E-state index contributed by atoms with van der Waals surface area (Å²) in [5.41, 5.74) is 1.43. The van der Waals surface area contributed by atoms with E-state index < -0.39 is 0 Å². The van der Waals surface area contributed by atoms with Crippen molar-refractivity contribution in [2.75, 3.05) is 12.3 Å². The van der Waals surface area contributed by atoms with Crippen molar-refractivity contribution < 1.29 is 0 Å². The van der Waals surface area contributed by atoms with Crippen molar-refractivity contribution in [1.29, 1.82) is 0 Å². The van der Waals surface area contributed by atoms with Crippen LogP contribution in [0.1, 0.15) is 57.6 Å². The minimum Gasteiger partial charge on any atom is -0.310 e. The average Bonchev–Trinajstić information content (AvgIpc) is 2.47. The number of nitrogens with one attached hydrogen (secondary N) is 1. The molecule has 0 amide bonds. The van der Waals surface area contributed by atoms with E-state index in [9.17, 15) is 0 Å². The Morgan fingerprint density at radius 1 is 1.15 bits per heavy atom. The van der Waals surface area contributed by atoms with Crippen LogP contribution in [-0.4, -0.2) is 12.3 Å². The predicted octanol–water partition coefficient (Wildman–Crippen LogP) is 5.59. The van der Waals surface area contributed by atoms with Gasteiger partial charge in [0.1, 0.15) is 0 Å². The molecule has 1 nitrogen and oxygen atoms in total. The molecule has 0 aliphatic rings. The molecule has 0 bridgehead atoms. The third-order valence-electron chi connectivity index (χ3n) is 3.45. The van der Waals surface area contributed by atoms with Crippen molar-refractivity contribution in [3.63, 3.8) is 0 Å². The minimum atomic E-state index is 0.504. The number of thioether (sulfide) groups is 1. The van der Waals surface area contributed by atoms with Crippen LogP contribution in [0.5, 0.6) is 0 Å². The summed E-state index contributed by atoms with van der Waals surface area (Å²) in [6.45, 7) is 9.19. The zero-order valence-electron chi connectivity index (χ0n) is 13.0. The molecule has 0 fully saturated rings. The first kappa shape index (κ1) is 17.3. The summed E-state index contributed by atoms with van der Waals surface area (Å²) in [5, 5.41) is 3.61. The van der Waals surface area contributed by atoms with E-state index in [2.05, 4.69) is 50.0 Å². The quantitative estimate of drug-likeness (QED) is 0.324. The molecule has 1 aromatic carbocycles. The van der Waals surface area contributed by atoms with E-state index in [0.717, 1.165) is 18.7 Å². The van der Waals surface area contributed by atoms with Gasteiger partial charge in [-0.05, 0) is 49.3 Å². The molecular weight excluding hydrogens is 262 g/mol. The maximum atomic E-state index is 3.78.